The number of ether oxygens (including phenoxy) is 1. The SMILES string of the molecule is Cc1nc(C#N)c(N2CCN(C(=O)CN3CC(C)OC(C)(C)C3)CC2)o1. The van der Waals surface area contributed by atoms with Gasteiger partial charge in [0.05, 0.1) is 18.2 Å². The summed E-state index contributed by atoms with van der Waals surface area (Å²) in [5.41, 5.74) is 0.0842. The normalized spacial score (nSPS) is 23.7. The molecular weight excluding hydrogens is 334 g/mol. The highest BCUT2D eigenvalue weighted by Gasteiger charge is 2.33. The van der Waals surface area contributed by atoms with Gasteiger partial charge < -0.3 is 19.0 Å². The molecule has 0 aliphatic carbocycles. The van der Waals surface area contributed by atoms with E-state index < -0.39 is 0 Å². The third-order valence-electron chi connectivity index (χ3n) is 4.74. The van der Waals surface area contributed by atoms with Crippen LogP contribution in [0.5, 0.6) is 0 Å². The van der Waals surface area contributed by atoms with Crippen LogP contribution in [0.2, 0.25) is 0 Å². The van der Waals surface area contributed by atoms with E-state index in [0.29, 0.717) is 50.2 Å². The van der Waals surface area contributed by atoms with Crippen molar-refractivity contribution in [3.05, 3.63) is 11.6 Å². The second-order valence-electron chi connectivity index (χ2n) is 7.72. The van der Waals surface area contributed by atoms with Crippen LogP contribution in [0.25, 0.3) is 0 Å². The minimum absolute atomic E-state index is 0.127. The lowest BCUT2D eigenvalue weighted by Crippen LogP contribution is -2.56. The van der Waals surface area contributed by atoms with Crippen LogP contribution in [0, 0.1) is 18.3 Å². The Labute approximate surface area is 154 Å². The van der Waals surface area contributed by atoms with Gasteiger partial charge in [-0.3, -0.25) is 9.69 Å². The molecule has 0 aromatic carbocycles. The second kappa shape index (κ2) is 7.25. The Balaban J connectivity index is 1.54. The number of anilines is 1. The number of hydrogen-bond acceptors (Lipinski definition) is 7. The highest BCUT2D eigenvalue weighted by atomic mass is 16.5. The van der Waals surface area contributed by atoms with Gasteiger partial charge in [-0.25, -0.2) is 4.98 Å². The summed E-state index contributed by atoms with van der Waals surface area (Å²) in [6, 6.07) is 2.07. The van der Waals surface area contributed by atoms with Gasteiger partial charge in [0.15, 0.2) is 5.89 Å². The first-order valence-electron chi connectivity index (χ1n) is 9.08. The minimum atomic E-state index is -0.228. The largest absolute Gasteiger partial charge is 0.424 e. The fourth-order valence-electron chi connectivity index (χ4n) is 3.86. The van der Waals surface area contributed by atoms with Crippen LogP contribution in [0.1, 0.15) is 32.4 Å². The number of rotatable bonds is 3. The van der Waals surface area contributed by atoms with Gasteiger partial charge in [0.2, 0.25) is 17.5 Å². The standard InChI is InChI=1S/C18H27N5O3/c1-13-10-21(12-18(3,4)26-13)11-16(24)22-5-7-23(8-6-22)17-15(9-19)20-14(2)25-17/h13H,5-8,10-12H2,1-4H3. The van der Waals surface area contributed by atoms with E-state index in [0.717, 1.165) is 13.1 Å². The van der Waals surface area contributed by atoms with Gasteiger partial charge in [-0.2, -0.15) is 5.26 Å². The fourth-order valence-corrected chi connectivity index (χ4v) is 3.86. The molecule has 0 N–H and O–H groups in total. The van der Waals surface area contributed by atoms with Crippen LogP contribution in [-0.4, -0.2) is 78.2 Å². The second-order valence-corrected chi connectivity index (χ2v) is 7.72. The molecule has 2 aliphatic heterocycles. The number of morpholine rings is 1. The van der Waals surface area contributed by atoms with Crippen molar-refractivity contribution < 1.29 is 13.9 Å². The molecule has 2 fully saturated rings. The predicted octanol–water partition coefficient (Wildman–Crippen LogP) is 1.00. The highest BCUT2D eigenvalue weighted by molar-refractivity contribution is 5.78. The van der Waals surface area contributed by atoms with Crippen molar-refractivity contribution in [2.75, 3.05) is 50.7 Å². The van der Waals surface area contributed by atoms with E-state index in [9.17, 15) is 4.79 Å². The molecule has 1 atom stereocenters. The lowest BCUT2D eigenvalue weighted by molar-refractivity contribution is -0.145. The Bertz CT molecular complexity index is 700. The first kappa shape index (κ1) is 18.7. The zero-order valence-electron chi connectivity index (χ0n) is 16.0. The molecule has 2 aliphatic rings. The number of hydrogen-bond donors (Lipinski definition) is 0. The Kier molecular flexibility index (Phi) is 5.21. The molecular formula is C18H27N5O3. The maximum atomic E-state index is 12.7. The quantitative estimate of drug-likeness (QED) is 0.794. The van der Waals surface area contributed by atoms with Crippen LogP contribution >= 0.6 is 0 Å². The van der Waals surface area contributed by atoms with E-state index in [2.05, 4.69) is 29.8 Å². The molecule has 1 aromatic heterocycles. The van der Waals surface area contributed by atoms with Crippen LogP contribution in [-0.2, 0) is 9.53 Å². The van der Waals surface area contributed by atoms with Gasteiger partial charge in [-0.15, -0.1) is 0 Å². The maximum Gasteiger partial charge on any atom is 0.236 e. The summed E-state index contributed by atoms with van der Waals surface area (Å²) in [7, 11) is 0. The lowest BCUT2D eigenvalue weighted by Gasteiger charge is -2.42. The molecule has 0 bridgehead atoms. The summed E-state index contributed by atoms with van der Waals surface area (Å²) in [4.78, 5) is 22.8. The van der Waals surface area contributed by atoms with Crippen molar-refractivity contribution in [2.24, 2.45) is 0 Å². The molecule has 142 valence electrons. The van der Waals surface area contributed by atoms with E-state index in [1.54, 1.807) is 6.92 Å². The van der Waals surface area contributed by atoms with E-state index in [1.807, 2.05) is 16.7 Å². The van der Waals surface area contributed by atoms with E-state index in [1.165, 1.54) is 0 Å². The number of nitriles is 1. The highest BCUT2D eigenvalue weighted by Crippen LogP contribution is 2.23. The minimum Gasteiger partial charge on any atom is -0.424 e. The van der Waals surface area contributed by atoms with Gasteiger partial charge in [0.1, 0.15) is 6.07 Å². The number of aryl methyl sites for hydroxylation is 1. The lowest BCUT2D eigenvalue weighted by atomic mass is 10.1. The molecule has 8 heteroatoms. The average Bonchev–Trinajstić information content (AvgIpc) is 2.94. The van der Waals surface area contributed by atoms with E-state index >= 15 is 0 Å². The Morgan fingerprint density at radius 3 is 2.65 bits per heavy atom. The molecule has 8 nitrogen and oxygen atoms in total. The molecule has 1 aromatic rings. The molecule has 3 rings (SSSR count). The summed E-state index contributed by atoms with van der Waals surface area (Å²) in [6.07, 6.45) is 0.127. The summed E-state index contributed by atoms with van der Waals surface area (Å²) < 4.78 is 11.5. The molecule has 3 heterocycles. The number of carbonyl (C=O) groups excluding carboxylic acids is 1. The molecule has 0 saturated carbocycles. The zero-order chi connectivity index (χ0) is 18.9. The number of nitrogens with zero attached hydrogens (tertiary/aromatic N) is 5. The molecule has 1 amide bonds. The molecule has 0 radical (unpaired) electrons. The first-order chi connectivity index (χ1) is 12.3. The van der Waals surface area contributed by atoms with E-state index in [-0.39, 0.29) is 17.6 Å². The van der Waals surface area contributed by atoms with Gasteiger partial charge in [-0.1, -0.05) is 0 Å². The smallest absolute Gasteiger partial charge is 0.236 e. The summed E-state index contributed by atoms with van der Waals surface area (Å²) in [5, 5.41) is 9.17. The number of aromatic nitrogens is 1. The molecule has 1 unspecified atom stereocenters. The average molecular weight is 361 g/mol. The van der Waals surface area contributed by atoms with Gasteiger partial charge >= 0.3 is 0 Å². The maximum absolute atomic E-state index is 12.7. The van der Waals surface area contributed by atoms with Crippen LogP contribution in [0.3, 0.4) is 0 Å². The third kappa shape index (κ3) is 4.17. The van der Waals surface area contributed by atoms with Crippen molar-refractivity contribution in [3.63, 3.8) is 0 Å². The van der Waals surface area contributed by atoms with Gasteiger partial charge in [-0.05, 0) is 20.8 Å². The number of oxazole rings is 1. The number of piperazine rings is 1. The number of carbonyl (C=O) groups is 1. The summed E-state index contributed by atoms with van der Waals surface area (Å²) in [6.45, 7) is 12.4. The third-order valence-corrected chi connectivity index (χ3v) is 4.74. The monoisotopic (exact) mass is 361 g/mol. The fraction of sp³-hybridized carbons (Fsp3) is 0.722. The Morgan fingerprint density at radius 2 is 2.04 bits per heavy atom. The van der Waals surface area contributed by atoms with E-state index in [4.69, 9.17) is 14.4 Å². The van der Waals surface area contributed by atoms with Crippen LogP contribution < -0.4 is 4.90 Å². The van der Waals surface area contributed by atoms with Crippen molar-refractivity contribution in [2.45, 2.75) is 39.4 Å². The van der Waals surface area contributed by atoms with Crippen molar-refractivity contribution in [1.29, 1.82) is 5.26 Å². The molecule has 2 saturated heterocycles. The Morgan fingerprint density at radius 1 is 1.35 bits per heavy atom. The number of amides is 1. The molecule has 26 heavy (non-hydrogen) atoms. The van der Waals surface area contributed by atoms with Gasteiger partial charge in [0, 0.05) is 46.2 Å². The molecule has 0 spiro atoms. The van der Waals surface area contributed by atoms with Crippen LogP contribution in [0.15, 0.2) is 4.42 Å². The first-order valence-corrected chi connectivity index (χ1v) is 9.08. The zero-order valence-corrected chi connectivity index (χ0v) is 16.0. The van der Waals surface area contributed by atoms with Crippen molar-refractivity contribution in [1.82, 2.24) is 14.8 Å². The summed E-state index contributed by atoms with van der Waals surface area (Å²) >= 11 is 0. The topological polar surface area (TPSA) is 85.8 Å². The van der Waals surface area contributed by atoms with Crippen LogP contribution in [0.4, 0.5) is 5.88 Å². The Hall–Kier alpha value is -2.11. The van der Waals surface area contributed by atoms with Gasteiger partial charge in [0.25, 0.3) is 0 Å². The summed E-state index contributed by atoms with van der Waals surface area (Å²) in [5.74, 6) is 1.14. The predicted molar refractivity (Wildman–Crippen MR) is 95.8 cm³/mol. The van der Waals surface area contributed by atoms with Crippen molar-refractivity contribution in [3.8, 4) is 6.07 Å². The van der Waals surface area contributed by atoms with Crippen molar-refractivity contribution >= 4 is 11.8 Å².